The first-order valence-corrected chi connectivity index (χ1v) is 9.81. The maximum absolute atomic E-state index is 13.2. The van der Waals surface area contributed by atoms with Crippen molar-refractivity contribution in [2.75, 3.05) is 13.2 Å². The molecule has 3 rings (SSSR count). The molecule has 0 aliphatic rings. The zero-order chi connectivity index (χ0) is 20.1. The van der Waals surface area contributed by atoms with Crippen LogP contribution in [0.3, 0.4) is 0 Å². The number of hydrogen-bond donors (Lipinski definition) is 0. The van der Waals surface area contributed by atoms with E-state index in [2.05, 4.69) is 20.9 Å². The van der Waals surface area contributed by atoms with Crippen LogP contribution in [0.15, 0.2) is 51.6 Å². The zero-order valence-corrected chi connectivity index (χ0v) is 17.4. The number of carbonyl (C=O) groups excluding carboxylic acids is 2. The second-order valence-corrected chi connectivity index (χ2v) is 7.26. The van der Waals surface area contributed by atoms with Gasteiger partial charge in [-0.15, -0.1) is 0 Å². The number of ether oxygens (including phenoxy) is 1. The highest BCUT2D eigenvalue weighted by molar-refractivity contribution is 9.10. The Balaban J connectivity index is 1.88. The fourth-order valence-electron chi connectivity index (χ4n) is 2.96. The second-order valence-electron chi connectivity index (χ2n) is 6.34. The van der Waals surface area contributed by atoms with Gasteiger partial charge in [0.15, 0.2) is 5.76 Å². The lowest BCUT2D eigenvalue weighted by Crippen LogP contribution is -2.33. The van der Waals surface area contributed by atoms with Gasteiger partial charge in [0.2, 0.25) is 0 Å². The van der Waals surface area contributed by atoms with Crippen molar-refractivity contribution in [2.45, 2.75) is 26.8 Å². The van der Waals surface area contributed by atoms with E-state index in [1.807, 2.05) is 37.3 Å². The van der Waals surface area contributed by atoms with Crippen LogP contribution in [0.2, 0.25) is 0 Å². The van der Waals surface area contributed by atoms with Crippen LogP contribution >= 0.6 is 15.9 Å². The third-order valence-corrected chi connectivity index (χ3v) is 4.86. The van der Waals surface area contributed by atoms with Gasteiger partial charge in [-0.05, 0) is 43.7 Å². The summed E-state index contributed by atoms with van der Waals surface area (Å²) < 4.78 is 11.8. The van der Waals surface area contributed by atoms with Crippen LogP contribution in [-0.2, 0) is 16.1 Å². The maximum Gasteiger partial charge on any atom is 0.307 e. The van der Waals surface area contributed by atoms with E-state index in [9.17, 15) is 9.59 Å². The maximum atomic E-state index is 13.2. The lowest BCUT2D eigenvalue weighted by Gasteiger charge is -2.21. The Morgan fingerprint density at radius 2 is 2.11 bits per heavy atom. The highest BCUT2D eigenvalue weighted by Gasteiger charge is 2.24. The molecule has 28 heavy (non-hydrogen) atoms. The van der Waals surface area contributed by atoms with Crippen LogP contribution in [0.25, 0.3) is 11.0 Å². The molecule has 1 amide bonds. The van der Waals surface area contributed by atoms with Gasteiger partial charge in [0.1, 0.15) is 5.58 Å². The molecule has 2 heterocycles. The summed E-state index contributed by atoms with van der Waals surface area (Å²) in [5.41, 5.74) is 2.29. The first-order chi connectivity index (χ1) is 13.5. The van der Waals surface area contributed by atoms with Gasteiger partial charge in [-0.25, -0.2) is 0 Å². The Bertz CT molecular complexity index is 985. The lowest BCUT2D eigenvalue weighted by atomic mass is 10.1. The summed E-state index contributed by atoms with van der Waals surface area (Å²) >= 11 is 3.45. The van der Waals surface area contributed by atoms with Gasteiger partial charge in [0.05, 0.1) is 13.0 Å². The number of furan rings is 1. The quantitative estimate of drug-likeness (QED) is 0.501. The predicted molar refractivity (Wildman–Crippen MR) is 109 cm³/mol. The summed E-state index contributed by atoms with van der Waals surface area (Å²) in [6.07, 6.45) is 3.49. The number of halogens is 1. The number of hydrogen-bond acceptors (Lipinski definition) is 5. The van der Waals surface area contributed by atoms with Gasteiger partial charge < -0.3 is 14.1 Å². The van der Waals surface area contributed by atoms with Crippen molar-refractivity contribution in [1.82, 2.24) is 9.88 Å². The van der Waals surface area contributed by atoms with Gasteiger partial charge in [0, 0.05) is 40.9 Å². The third kappa shape index (κ3) is 4.59. The zero-order valence-electron chi connectivity index (χ0n) is 15.8. The number of nitrogens with zero attached hydrogens (tertiary/aromatic N) is 2. The molecule has 2 aromatic heterocycles. The lowest BCUT2D eigenvalue weighted by molar-refractivity contribution is -0.143. The van der Waals surface area contributed by atoms with Gasteiger partial charge in [0.25, 0.3) is 5.91 Å². The summed E-state index contributed by atoms with van der Waals surface area (Å²) in [4.78, 5) is 30.7. The molecule has 0 N–H and O–H groups in total. The van der Waals surface area contributed by atoms with Crippen molar-refractivity contribution in [1.29, 1.82) is 0 Å². The molecule has 0 spiro atoms. The minimum atomic E-state index is -0.336. The first kappa shape index (κ1) is 20.1. The molecular weight excluding hydrogens is 424 g/mol. The van der Waals surface area contributed by atoms with E-state index in [1.165, 1.54) is 0 Å². The third-order valence-electron chi connectivity index (χ3n) is 4.37. The van der Waals surface area contributed by atoms with Crippen LogP contribution in [0.1, 0.15) is 35.0 Å². The van der Waals surface area contributed by atoms with E-state index < -0.39 is 0 Å². The number of fused-ring (bicyclic) bond motifs is 1. The van der Waals surface area contributed by atoms with Crippen LogP contribution < -0.4 is 0 Å². The fraction of sp³-hybridized carbons (Fsp3) is 0.286. The van der Waals surface area contributed by atoms with E-state index in [-0.39, 0.29) is 30.6 Å². The number of rotatable bonds is 7. The van der Waals surface area contributed by atoms with E-state index >= 15 is 0 Å². The average molecular weight is 445 g/mol. The fourth-order valence-corrected chi connectivity index (χ4v) is 3.33. The number of aromatic nitrogens is 1. The number of esters is 1. The van der Waals surface area contributed by atoms with Crippen molar-refractivity contribution in [2.24, 2.45) is 0 Å². The van der Waals surface area contributed by atoms with Gasteiger partial charge >= 0.3 is 5.97 Å². The highest BCUT2D eigenvalue weighted by atomic mass is 79.9. The number of aryl methyl sites for hydroxylation is 1. The molecular formula is C21H21BrN2O4. The van der Waals surface area contributed by atoms with Crippen LogP contribution in [0.4, 0.5) is 0 Å². The number of carbonyl (C=O) groups is 2. The average Bonchev–Trinajstić information content (AvgIpc) is 3.01. The number of pyridine rings is 1. The molecule has 6 nitrogen and oxygen atoms in total. The molecule has 0 saturated heterocycles. The Morgan fingerprint density at radius 1 is 1.29 bits per heavy atom. The number of benzene rings is 1. The van der Waals surface area contributed by atoms with E-state index in [0.29, 0.717) is 18.7 Å². The van der Waals surface area contributed by atoms with Gasteiger partial charge in [-0.3, -0.25) is 14.6 Å². The Labute approximate surface area is 171 Å². The minimum Gasteiger partial charge on any atom is -0.466 e. The molecule has 146 valence electrons. The summed E-state index contributed by atoms with van der Waals surface area (Å²) in [6, 6.07) is 9.32. The molecule has 0 saturated carbocycles. The molecule has 0 aliphatic heterocycles. The van der Waals surface area contributed by atoms with Crippen molar-refractivity contribution in [3.8, 4) is 0 Å². The molecule has 0 radical (unpaired) electrons. The van der Waals surface area contributed by atoms with E-state index in [1.54, 1.807) is 24.2 Å². The largest absolute Gasteiger partial charge is 0.466 e. The van der Waals surface area contributed by atoms with Crippen molar-refractivity contribution in [3.63, 3.8) is 0 Å². The molecule has 0 bridgehead atoms. The Hall–Kier alpha value is -2.67. The summed E-state index contributed by atoms with van der Waals surface area (Å²) in [6.45, 7) is 4.48. The van der Waals surface area contributed by atoms with Crippen LogP contribution in [0, 0.1) is 6.92 Å². The summed E-state index contributed by atoms with van der Waals surface area (Å²) in [5, 5.41) is 0.879. The molecule has 0 atom stereocenters. The second kappa shape index (κ2) is 9.01. The molecule has 0 unspecified atom stereocenters. The Morgan fingerprint density at radius 3 is 2.82 bits per heavy atom. The van der Waals surface area contributed by atoms with Crippen molar-refractivity contribution >= 4 is 38.8 Å². The van der Waals surface area contributed by atoms with Gasteiger partial charge in [-0.2, -0.15) is 0 Å². The predicted octanol–water partition coefficient (Wildman–Crippen LogP) is 4.49. The number of amides is 1. The molecule has 0 aliphatic carbocycles. The van der Waals surface area contributed by atoms with Gasteiger partial charge in [-0.1, -0.05) is 22.0 Å². The minimum absolute atomic E-state index is 0.116. The van der Waals surface area contributed by atoms with Crippen molar-refractivity contribution < 1.29 is 18.7 Å². The normalized spacial score (nSPS) is 10.8. The molecule has 7 heteroatoms. The van der Waals surface area contributed by atoms with Crippen LogP contribution in [0.5, 0.6) is 0 Å². The van der Waals surface area contributed by atoms with E-state index in [4.69, 9.17) is 9.15 Å². The smallest absolute Gasteiger partial charge is 0.307 e. The SMILES string of the molecule is CCOC(=O)CCN(Cc1cccnc1)C(=O)c1oc2ccc(Br)cc2c1C. The van der Waals surface area contributed by atoms with Crippen molar-refractivity contribution in [3.05, 3.63) is 64.1 Å². The summed E-state index contributed by atoms with van der Waals surface area (Å²) in [7, 11) is 0. The van der Waals surface area contributed by atoms with E-state index in [0.717, 1.165) is 21.0 Å². The highest BCUT2D eigenvalue weighted by Crippen LogP contribution is 2.29. The summed E-state index contributed by atoms with van der Waals surface area (Å²) in [5.74, 6) is -0.324. The topological polar surface area (TPSA) is 72.6 Å². The van der Waals surface area contributed by atoms with Crippen LogP contribution in [-0.4, -0.2) is 34.9 Å². The molecule has 1 aromatic carbocycles. The molecule has 3 aromatic rings. The first-order valence-electron chi connectivity index (χ1n) is 9.02. The molecule has 0 fully saturated rings. The Kier molecular flexibility index (Phi) is 6.46. The monoisotopic (exact) mass is 444 g/mol. The standard InChI is InChI=1S/C21H21BrN2O4/c1-3-27-19(25)8-10-24(13-15-5-4-9-23-12-15)21(26)20-14(2)17-11-16(22)6-7-18(17)28-20/h4-7,9,11-12H,3,8,10,13H2,1-2H3.